The summed E-state index contributed by atoms with van der Waals surface area (Å²) in [6, 6.07) is 8.65. The molecule has 0 amide bonds. The first-order valence-electron chi connectivity index (χ1n) is 5.15. The van der Waals surface area contributed by atoms with Crippen LogP contribution in [0.5, 0.6) is 0 Å². The summed E-state index contributed by atoms with van der Waals surface area (Å²) in [5.74, 6) is 0. The number of alkyl halides is 1. The Bertz CT molecular complexity index is 260. The molecular weight excluding hydrogens is 238 g/mol. The minimum atomic E-state index is 0.990. The molecule has 0 fully saturated rings. The fraction of sp³-hybridized carbons (Fsp3) is 0.500. The van der Waals surface area contributed by atoms with Crippen molar-refractivity contribution in [2.45, 2.75) is 26.3 Å². The summed E-state index contributed by atoms with van der Waals surface area (Å²) in [7, 11) is 0. The van der Waals surface area contributed by atoms with Gasteiger partial charge in [-0.25, -0.2) is 0 Å². The van der Waals surface area contributed by atoms with E-state index in [1.165, 1.54) is 24.0 Å². The molecule has 14 heavy (non-hydrogen) atoms. The van der Waals surface area contributed by atoms with Crippen molar-refractivity contribution in [2.24, 2.45) is 0 Å². The van der Waals surface area contributed by atoms with Crippen molar-refractivity contribution in [2.75, 3.05) is 11.9 Å². The maximum absolute atomic E-state index is 3.44. The van der Waals surface area contributed by atoms with E-state index in [4.69, 9.17) is 0 Å². The number of benzene rings is 1. The van der Waals surface area contributed by atoms with Gasteiger partial charge >= 0.3 is 0 Å². The second kappa shape index (κ2) is 7.02. The number of hydrogen-bond donors (Lipinski definition) is 1. The van der Waals surface area contributed by atoms with Crippen molar-refractivity contribution in [3.63, 3.8) is 0 Å². The fourth-order valence-corrected chi connectivity index (χ4v) is 1.80. The zero-order chi connectivity index (χ0) is 10.2. The first-order chi connectivity index (χ1) is 6.83. The number of rotatable bonds is 6. The second-order valence-electron chi connectivity index (χ2n) is 3.56. The molecule has 0 aliphatic carbocycles. The summed E-state index contributed by atoms with van der Waals surface area (Å²) in [4.78, 5) is 0. The minimum Gasteiger partial charge on any atom is -0.313 e. The van der Waals surface area contributed by atoms with Crippen LogP contribution in [0.4, 0.5) is 0 Å². The van der Waals surface area contributed by atoms with Crippen molar-refractivity contribution in [3.05, 3.63) is 35.4 Å². The van der Waals surface area contributed by atoms with E-state index in [-0.39, 0.29) is 0 Å². The predicted molar refractivity (Wildman–Crippen MR) is 65.9 cm³/mol. The van der Waals surface area contributed by atoms with E-state index in [0.29, 0.717) is 0 Å². The second-order valence-corrected chi connectivity index (χ2v) is 4.35. The molecule has 0 saturated heterocycles. The van der Waals surface area contributed by atoms with E-state index >= 15 is 0 Å². The lowest BCUT2D eigenvalue weighted by Crippen LogP contribution is -2.14. The highest BCUT2D eigenvalue weighted by Crippen LogP contribution is 2.03. The lowest BCUT2D eigenvalue weighted by Gasteiger charge is -2.04. The van der Waals surface area contributed by atoms with E-state index < -0.39 is 0 Å². The Morgan fingerprint density at radius 2 is 2.14 bits per heavy atom. The van der Waals surface area contributed by atoms with Crippen LogP contribution in [-0.4, -0.2) is 11.9 Å². The zero-order valence-corrected chi connectivity index (χ0v) is 10.3. The van der Waals surface area contributed by atoms with Crippen LogP contribution in [0, 0.1) is 6.92 Å². The van der Waals surface area contributed by atoms with E-state index in [2.05, 4.69) is 52.4 Å². The van der Waals surface area contributed by atoms with Crippen LogP contribution in [0.15, 0.2) is 24.3 Å². The summed E-state index contributed by atoms with van der Waals surface area (Å²) >= 11 is 3.43. The quantitative estimate of drug-likeness (QED) is 0.608. The van der Waals surface area contributed by atoms with Crippen LogP contribution in [0.3, 0.4) is 0 Å². The molecule has 0 heterocycles. The van der Waals surface area contributed by atoms with Gasteiger partial charge in [-0.15, -0.1) is 0 Å². The molecule has 0 saturated carbocycles. The molecule has 0 aromatic heterocycles. The molecule has 1 aromatic rings. The Hall–Kier alpha value is -0.340. The molecule has 0 unspecified atom stereocenters. The fourth-order valence-electron chi connectivity index (χ4n) is 1.40. The number of nitrogens with one attached hydrogen (secondary N) is 1. The van der Waals surface area contributed by atoms with Gasteiger partial charge in [0.2, 0.25) is 0 Å². The third-order valence-electron chi connectivity index (χ3n) is 2.15. The van der Waals surface area contributed by atoms with Gasteiger partial charge in [0.1, 0.15) is 0 Å². The van der Waals surface area contributed by atoms with Crippen LogP contribution in [-0.2, 0) is 6.54 Å². The average Bonchev–Trinajstić information content (AvgIpc) is 2.18. The summed E-state index contributed by atoms with van der Waals surface area (Å²) in [5, 5.41) is 4.55. The van der Waals surface area contributed by atoms with E-state index in [1.807, 2.05) is 0 Å². The average molecular weight is 256 g/mol. The first-order valence-corrected chi connectivity index (χ1v) is 6.27. The van der Waals surface area contributed by atoms with Crippen LogP contribution >= 0.6 is 15.9 Å². The van der Waals surface area contributed by atoms with Gasteiger partial charge in [0, 0.05) is 11.9 Å². The van der Waals surface area contributed by atoms with E-state index in [0.717, 1.165) is 18.4 Å². The van der Waals surface area contributed by atoms with Crippen molar-refractivity contribution in [1.82, 2.24) is 5.32 Å². The molecule has 0 aliphatic heterocycles. The van der Waals surface area contributed by atoms with Crippen molar-refractivity contribution in [1.29, 1.82) is 0 Å². The molecule has 2 heteroatoms. The van der Waals surface area contributed by atoms with Crippen LogP contribution < -0.4 is 5.32 Å². The molecule has 1 rings (SSSR count). The first kappa shape index (κ1) is 11.7. The highest BCUT2D eigenvalue weighted by atomic mass is 79.9. The SMILES string of the molecule is Cc1cccc(CNCCCCBr)c1. The Labute approximate surface area is 95.0 Å². The molecule has 78 valence electrons. The minimum absolute atomic E-state index is 0.990. The third kappa shape index (κ3) is 4.77. The van der Waals surface area contributed by atoms with Gasteiger partial charge in [0.05, 0.1) is 0 Å². The molecular formula is C12H18BrN. The number of aryl methyl sites for hydroxylation is 1. The molecule has 0 bridgehead atoms. The van der Waals surface area contributed by atoms with Crippen molar-refractivity contribution in [3.8, 4) is 0 Å². The monoisotopic (exact) mass is 255 g/mol. The smallest absolute Gasteiger partial charge is 0.0205 e. The number of hydrogen-bond acceptors (Lipinski definition) is 1. The molecule has 0 aliphatic rings. The molecule has 1 aromatic carbocycles. The topological polar surface area (TPSA) is 12.0 Å². The Morgan fingerprint density at radius 1 is 1.29 bits per heavy atom. The third-order valence-corrected chi connectivity index (χ3v) is 2.71. The Morgan fingerprint density at radius 3 is 2.86 bits per heavy atom. The Kier molecular flexibility index (Phi) is 5.88. The highest BCUT2D eigenvalue weighted by molar-refractivity contribution is 9.09. The number of unbranched alkanes of at least 4 members (excludes halogenated alkanes) is 1. The van der Waals surface area contributed by atoms with Crippen LogP contribution in [0.1, 0.15) is 24.0 Å². The lowest BCUT2D eigenvalue weighted by molar-refractivity contribution is 0.644. The maximum atomic E-state index is 3.44. The predicted octanol–water partition coefficient (Wildman–Crippen LogP) is 3.26. The molecule has 1 nitrogen and oxygen atoms in total. The van der Waals surface area contributed by atoms with Gasteiger partial charge in [-0.05, 0) is 31.9 Å². The molecule has 1 N–H and O–H groups in total. The van der Waals surface area contributed by atoms with Gasteiger partial charge < -0.3 is 5.32 Å². The largest absolute Gasteiger partial charge is 0.313 e. The normalized spacial score (nSPS) is 10.4. The zero-order valence-electron chi connectivity index (χ0n) is 8.72. The van der Waals surface area contributed by atoms with Gasteiger partial charge in [-0.2, -0.15) is 0 Å². The van der Waals surface area contributed by atoms with Gasteiger partial charge in [0.25, 0.3) is 0 Å². The Balaban J connectivity index is 2.18. The van der Waals surface area contributed by atoms with Gasteiger partial charge in [0.15, 0.2) is 0 Å². The number of halogens is 1. The molecule has 0 spiro atoms. The summed E-state index contributed by atoms with van der Waals surface area (Å²) in [6.07, 6.45) is 2.50. The standard InChI is InChI=1S/C12H18BrN/c1-11-5-4-6-12(9-11)10-14-8-3-2-7-13/h4-6,9,14H,2-3,7-8,10H2,1H3. The molecule has 0 radical (unpaired) electrons. The van der Waals surface area contributed by atoms with Crippen LogP contribution in [0.2, 0.25) is 0 Å². The van der Waals surface area contributed by atoms with Gasteiger partial charge in [-0.3, -0.25) is 0 Å². The van der Waals surface area contributed by atoms with Crippen molar-refractivity contribution >= 4 is 15.9 Å². The summed E-state index contributed by atoms with van der Waals surface area (Å²) in [5.41, 5.74) is 2.72. The van der Waals surface area contributed by atoms with Crippen LogP contribution in [0.25, 0.3) is 0 Å². The highest BCUT2D eigenvalue weighted by Gasteiger charge is 1.92. The maximum Gasteiger partial charge on any atom is 0.0205 e. The van der Waals surface area contributed by atoms with E-state index in [9.17, 15) is 0 Å². The van der Waals surface area contributed by atoms with E-state index in [1.54, 1.807) is 0 Å². The van der Waals surface area contributed by atoms with Gasteiger partial charge in [-0.1, -0.05) is 45.8 Å². The van der Waals surface area contributed by atoms with Crippen molar-refractivity contribution < 1.29 is 0 Å². The summed E-state index contributed by atoms with van der Waals surface area (Å²) in [6.45, 7) is 4.23. The lowest BCUT2D eigenvalue weighted by atomic mass is 10.1. The molecule has 0 atom stereocenters. The summed E-state index contributed by atoms with van der Waals surface area (Å²) < 4.78 is 0.